The molecule has 0 spiro atoms. The molecule has 0 saturated carbocycles. The Bertz CT molecular complexity index is 1170. The summed E-state index contributed by atoms with van der Waals surface area (Å²) in [6.07, 6.45) is 1.41. The van der Waals surface area contributed by atoms with Crippen molar-refractivity contribution in [3.05, 3.63) is 94.3 Å². The van der Waals surface area contributed by atoms with E-state index in [0.717, 1.165) is 0 Å². The van der Waals surface area contributed by atoms with Gasteiger partial charge in [0.05, 0.1) is 12.8 Å². The van der Waals surface area contributed by atoms with Gasteiger partial charge < -0.3 is 14.8 Å². The highest BCUT2D eigenvalue weighted by Crippen LogP contribution is 2.28. The molecular formula is C24H18ClFN2O3. The third kappa shape index (κ3) is 5.62. The van der Waals surface area contributed by atoms with Crippen LogP contribution in [0.15, 0.2) is 72.3 Å². The molecule has 156 valence electrons. The van der Waals surface area contributed by atoms with Crippen LogP contribution in [0.3, 0.4) is 0 Å². The predicted molar refractivity (Wildman–Crippen MR) is 117 cm³/mol. The number of hydrogen-bond donors (Lipinski definition) is 1. The number of hydrogen-bond acceptors (Lipinski definition) is 4. The molecule has 31 heavy (non-hydrogen) atoms. The van der Waals surface area contributed by atoms with Gasteiger partial charge in [0, 0.05) is 16.1 Å². The van der Waals surface area contributed by atoms with Crippen LogP contribution in [0, 0.1) is 17.1 Å². The number of rotatable bonds is 7. The van der Waals surface area contributed by atoms with Gasteiger partial charge in [0.15, 0.2) is 0 Å². The van der Waals surface area contributed by atoms with Crippen molar-refractivity contribution in [1.29, 1.82) is 5.26 Å². The number of halogens is 2. The Hall–Kier alpha value is -3.82. The maximum atomic E-state index is 13.9. The van der Waals surface area contributed by atoms with E-state index in [1.54, 1.807) is 54.6 Å². The van der Waals surface area contributed by atoms with Gasteiger partial charge >= 0.3 is 0 Å². The Labute approximate surface area is 184 Å². The number of nitrogens with zero attached hydrogens (tertiary/aromatic N) is 1. The van der Waals surface area contributed by atoms with Crippen LogP contribution >= 0.6 is 11.6 Å². The fourth-order valence-corrected chi connectivity index (χ4v) is 2.95. The Balaban J connectivity index is 1.83. The SMILES string of the molecule is COc1ccc(Cl)cc1NC(=O)/C(C#N)=C/c1ccccc1OCc1ccccc1F. The normalized spacial score (nSPS) is 10.8. The number of methoxy groups -OCH3 is 1. The molecule has 0 bridgehead atoms. The van der Waals surface area contributed by atoms with Crippen LogP contribution in [0.1, 0.15) is 11.1 Å². The van der Waals surface area contributed by atoms with Crippen molar-refractivity contribution < 1.29 is 18.7 Å². The first-order valence-electron chi connectivity index (χ1n) is 9.23. The number of nitrogens with one attached hydrogen (secondary N) is 1. The summed E-state index contributed by atoms with van der Waals surface area (Å²) in [5.41, 5.74) is 1.09. The maximum absolute atomic E-state index is 13.9. The second-order valence-electron chi connectivity index (χ2n) is 6.39. The molecule has 1 amide bonds. The number of para-hydroxylation sites is 1. The van der Waals surface area contributed by atoms with Gasteiger partial charge in [-0.05, 0) is 36.4 Å². The molecular weight excluding hydrogens is 419 g/mol. The fraction of sp³-hybridized carbons (Fsp3) is 0.0833. The Morgan fingerprint density at radius 1 is 1.13 bits per heavy atom. The zero-order chi connectivity index (χ0) is 22.2. The lowest BCUT2D eigenvalue weighted by molar-refractivity contribution is -0.112. The van der Waals surface area contributed by atoms with Gasteiger partial charge in [-0.3, -0.25) is 4.79 Å². The third-order valence-electron chi connectivity index (χ3n) is 4.33. The largest absolute Gasteiger partial charge is 0.495 e. The molecule has 0 heterocycles. The summed E-state index contributed by atoms with van der Waals surface area (Å²) in [6, 6.07) is 19.8. The lowest BCUT2D eigenvalue weighted by Gasteiger charge is -2.11. The molecule has 3 aromatic rings. The molecule has 0 aliphatic carbocycles. The van der Waals surface area contributed by atoms with Crippen molar-refractivity contribution in [3.63, 3.8) is 0 Å². The zero-order valence-electron chi connectivity index (χ0n) is 16.6. The van der Waals surface area contributed by atoms with Crippen LogP contribution in [0.2, 0.25) is 5.02 Å². The smallest absolute Gasteiger partial charge is 0.266 e. The molecule has 0 saturated heterocycles. The molecule has 0 atom stereocenters. The van der Waals surface area contributed by atoms with Gasteiger partial charge in [0.2, 0.25) is 0 Å². The summed E-state index contributed by atoms with van der Waals surface area (Å²) < 4.78 is 24.8. The molecule has 0 aromatic heterocycles. The first-order valence-corrected chi connectivity index (χ1v) is 9.61. The number of ether oxygens (including phenoxy) is 2. The Kier molecular flexibility index (Phi) is 7.26. The minimum Gasteiger partial charge on any atom is -0.495 e. The molecule has 3 aromatic carbocycles. The van der Waals surface area contributed by atoms with Crippen molar-refractivity contribution in [2.75, 3.05) is 12.4 Å². The van der Waals surface area contributed by atoms with E-state index < -0.39 is 5.91 Å². The van der Waals surface area contributed by atoms with Gasteiger partial charge in [0.25, 0.3) is 5.91 Å². The van der Waals surface area contributed by atoms with Gasteiger partial charge in [-0.25, -0.2) is 4.39 Å². The summed E-state index contributed by atoms with van der Waals surface area (Å²) in [7, 11) is 1.46. The number of carbonyl (C=O) groups is 1. The second kappa shape index (κ2) is 10.3. The van der Waals surface area contributed by atoms with E-state index in [4.69, 9.17) is 21.1 Å². The third-order valence-corrected chi connectivity index (χ3v) is 4.57. The lowest BCUT2D eigenvalue weighted by atomic mass is 10.1. The first kappa shape index (κ1) is 21.9. The Morgan fingerprint density at radius 3 is 2.61 bits per heavy atom. The van der Waals surface area contributed by atoms with Crippen molar-refractivity contribution in [3.8, 4) is 17.6 Å². The average Bonchev–Trinajstić information content (AvgIpc) is 2.77. The molecule has 5 nitrogen and oxygen atoms in total. The van der Waals surface area contributed by atoms with Gasteiger partial charge in [-0.15, -0.1) is 0 Å². The van der Waals surface area contributed by atoms with E-state index in [2.05, 4.69) is 5.32 Å². The minimum atomic E-state index is -0.632. The summed E-state index contributed by atoms with van der Waals surface area (Å²) in [5.74, 6) is -0.189. The van der Waals surface area contributed by atoms with E-state index in [0.29, 0.717) is 33.3 Å². The van der Waals surface area contributed by atoms with Gasteiger partial charge in [0.1, 0.15) is 35.6 Å². The van der Waals surface area contributed by atoms with Crippen LogP contribution in [0.25, 0.3) is 6.08 Å². The molecule has 1 N–H and O–H groups in total. The second-order valence-corrected chi connectivity index (χ2v) is 6.82. The van der Waals surface area contributed by atoms with E-state index in [1.165, 1.54) is 25.3 Å². The quantitative estimate of drug-likeness (QED) is 0.386. The van der Waals surface area contributed by atoms with Crippen molar-refractivity contribution in [2.24, 2.45) is 0 Å². The van der Waals surface area contributed by atoms with E-state index >= 15 is 0 Å². The average molecular weight is 437 g/mol. The highest BCUT2D eigenvalue weighted by molar-refractivity contribution is 6.31. The van der Waals surface area contributed by atoms with E-state index in [-0.39, 0.29) is 18.0 Å². The number of benzene rings is 3. The fourth-order valence-electron chi connectivity index (χ4n) is 2.77. The number of anilines is 1. The Morgan fingerprint density at radius 2 is 1.87 bits per heavy atom. The van der Waals surface area contributed by atoms with E-state index in [1.807, 2.05) is 6.07 Å². The summed E-state index contributed by atoms with van der Waals surface area (Å²) in [5, 5.41) is 12.6. The van der Waals surface area contributed by atoms with Gasteiger partial charge in [-0.1, -0.05) is 48.0 Å². The molecule has 3 rings (SSSR count). The standard InChI is InChI=1S/C24H18ClFN2O3/c1-30-23-11-10-19(25)13-21(23)28-24(29)18(14-27)12-16-6-3-5-9-22(16)31-15-17-7-2-4-8-20(17)26/h2-13H,15H2,1H3,(H,28,29)/b18-12+. The summed E-state index contributed by atoms with van der Waals surface area (Å²) in [4.78, 5) is 12.7. The highest BCUT2D eigenvalue weighted by atomic mass is 35.5. The van der Waals surface area contributed by atoms with Crippen LogP contribution in [-0.2, 0) is 11.4 Å². The number of carbonyl (C=O) groups excluding carboxylic acids is 1. The van der Waals surface area contributed by atoms with Crippen LogP contribution in [0.4, 0.5) is 10.1 Å². The van der Waals surface area contributed by atoms with Crippen molar-refractivity contribution >= 4 is 29.3 Å². The number of amides is 1. The monoisotopic (exact) mass is 436 g/mol. The minimum absolute atomic E-state index is 0.00528. The maximum Gasteiger partial charge on any atom is 0.266 e. The molecule has 7 heteroatoms. The molecule has 0 aliphatic heterocycles. The van der Waals surface area contributed by atoms with Gasteiger partial charge in [-0.2, -0.15) is 5.26 Å². The molecule has 0 fully saturated rings. The van der Waals surface area contributed by atoms with Crippen molar-refractivity contribution in [2.45, 2.75) is 6.61 Å². The summed E-state index contributed by atoms with van der Waals surface area (Å²) >= 11 is 5.99. The topological polar surface area (TPSA) is 71.3 Å². The van der Waals surface area contributed by atoms with E-state index in [9.17, 15) is 14.4 Å². The summed E-state index contributed by atoms with van der Waals surface area (Å²) in [6.45, 7) is 0.00528. The molecule has 0 unspecified atom stereocenters. The zero-order valence-corrected chi connectivity index (χ0v) is 17.3. The number of nitriles is 1. The lowest BCUT2D eigenvalue weighted by Crippen LogP contribution is -2.14. The highest BCUT2D eigenvalue weighted by Gasteiger charge is 2.14. The molecule has 0 aliphatic rings. The molecule has 0 radical (unpaired) electrons. The predicted octanol–water partition coefficient (Wildman–Crippen LogP) is 5.61. The van der Waals surface area contributed by atoms with Crippen LogP contribution in [-0.4, -0.2) is 13.0 Å². The van der Waals surface area contributed by atoms with Crippen LogP contribution in [0.5, 0.6) is 11.5 Å². The van der Waals surface area contributed by atoms with Crippen molar-refractivity contribution in [1.82, 2.24) is 0 Å². The first-order chi connectivity index (χ1) is 15.0. The van der Waals surface area contributed by atoms with Crippen LogP contribution < -0.4 is 14.8 Å².